The zero-order chi connectivity index (χ0) is 11.6. The van der Waals surface area contributed by atoms with Gasteiger partial charge in [-0.15, -0.1) is 18.3 Å². The fraction of sp³-hybridized carbons (Fsp3) is 0.571. The number of carbonyl (C=O) groups excluding carboxylic acids is 1. The average Bonchev–Trinajstić information content (AvgIpc) is 2.46. The fourth-order valence-electron chi connectivity index (χ4n) is 0.958. The summed E-state index contributed by atoms with van der Waals surface area (Å²) in [5.74, 6) is -0.912. The van der Waals surface area contributed by atoms with Crippen LogP contribution in [0.2, 0.25) is 0 Å². The standard InChI is InChI=1S/C7H8F3N3O2/c1-3-15-6(14)5-4(2)13(12-11-5)7(8,9)10/h3H2,1-2H3. The van der Waals surface area contributed by atoms with E-state index >= 15 is 0 Å². The van der Waals surface area contributed by atoms with Crippen LogP contribution < -0.4 is 0 Å². The molecule has 0 atom stereocenters. The molecule has 1 heterocycles. The number of hydrogen-bond acceptors (Lipinski definition) is 4. The van der Waals surface area contributed by atoms with Crippen LogP contribution in [0.25, 0.3) is 0 Å². The minimum atomic E-state index is -4.68. The van der Waals surface area contributed by atoms with Gasteiger partial charge in [-0.3, -0.25) is 0 Å². The molecular weight excluding hydrogens is 215 g/mol. The molecule has 0 unspecified atom stereocenters. The highest BCUT2D eigenvalue weighted by atomic mass is 19.4. The highest BCUT2D eigenvalue weighted by Crippen LogP contribution is 2.23. The Morgan fingerprint density at radius 1 is 1.53 bits per heavy atom. The number of hydrogen-bond donors (Lipinski definition) is 0. The van der Waals surface area contributed by atoms with E-state index in [1.165, 1.54) is 0 Å². The van der Waals surface area contributed by atoms with Gasteiger partial charge in [0.25, 0.3) is 0 Å². The highest BCUT2D eigenvalue weighted by molar-refractivity contribution is 5.88. The molecule has 0 bridgehead atoms. The molecule has 0 aliphatic carbocycles. The van der Waals surface area contributed by atoms with E-state index in [0.29, 0.717) is 0 Å². The van der Waals surface area contributed by atoms with Crippen LogP contribution in [0.4, 0.5) is 13.2 Å². The van der Waals surface area contributed by atoms with Crippen molar-refractivity contribution in [3.05, 3.63) is 11.4 Å². The molecule has 0 aliphatic heterocycles. The summed E-state index contributed by atoms with van der Waals surface area (Å²) in [6.45, 7) is 2.71. The van der Waals surface area contributed by atoms with Crippen LogP contribution in [0.15, 0.2) is 0 Å². The predicted molar refractivity (Wildman–Crippen MR) is 42.0 cm³/mol. The van der Waals surface area contributed by atoms with Gasteiger partial charge < -0.3 is 4.74 Å². The lowest BCUT2D eigenvalue weighted by molar-refractivity contribution is -0.214. The molecule has 1 aromatic rings. The molecule has 0 aliphatic rings. The topological polar surface area (TPSA) is 57.0 Å². The van der Waals surface area contributed by atoms with Crippen molar-refractivity contribution in [1.29, 1.82) is 0 Å². The van der Waals surface area contributed by atoms with E-state index in [2.05, 4.69) is 15.0 Å². The van der Waals surface area contributed by atoms with Crippen LogP contribution in [0.1, 0.15) is 23.1 Å². The van der Waals surface area contributed by atoms with E-state index in [4.69, 9.17) is 0 Å². The smallest absolute Gasteiger partial charge is 0.461 e. The number of ether oxygens (including phenoxy) is 1. The molecule has 0 aromatic carbocycles. The molecule has 5 nitrogen and oxygen atoms in total. The molecule has 0 amide bonds. The maximum atomic E-state index is 12.2. The first-order chi connectivity index (χ1) is 6.88. The van der Waals surface area contributed by atoms with Crippen molar-refractivity contribution in [2.75, 3.05) is 6.61 Å². The zero-order valence-corrected chi connectivity index (χ0v) is 8.00. The number of rotatable bonds is 2. The van der Waals surface area contributed by atoms with Gasteiger partial charge in [-0.25, -0.2) is 4.79 Å². The Hall–Kier alpha value is -1.60. The monoisotopic (exact) mass is 223 g/mol. The molecule has 0 N–H and O–H groups in total. The van der Waals surface area contributed by atoms with Crippen molar-refractivity contribution in [2.24, 2.45) is 0 Å². The van der Waals surface area contributed by atoms with Crippen molar-refractivity contribution in [3.63, 3.8) is 0 Å². The van der Waals surface area contributed by atoms with Gasteiger partial charge in [0.05, 0.1) is 12.3 Å². The Morgan fingerprint density at radius 2 is 2.13 bits per heavy atom. The van der Waals surface area contributed by atoms with Gasteiger partial charge in [0, 0.05) is 0 Å². The summed E-state index contributed by atoms with van der Waals surface area (Å²) in [7, 11) is 0. The van der Waals surface area contributed by atoms with Gasteiger partial charge >= 0.3 is 12.3 Å². The molecular formula is C7H8F3N3O2. The van der Waals surface area contributed by atoms with Gasteiger partial charge in [-0.1, -0.05) is 5.21 Å². The third kappa shape index (κ3) is 2.25. The van der Waals surface area contributed by atoms with Crippen LogP contribution in [0.3, 0.4) is 0 Å². The molecule has 0 radical (unpaired) electrons. The SMILES string of the molecule is CCOC(=O)c1nnn(C(F)(F)F)c1C. The van der Waals surface area contributed by atoms with Gasteiger partial charge in [0.1, 0.15) is 0 Å². The summed E-state index contributed by atoms with van der Waals surface area (Å²) >= 11 is 0. The minimum absolute atomic E-state index is 0.0666. The van der Waals surface area contributed by atoms with Gasteiger partial charge in [-0.2, -0.15) is 4.68 Å². The van der Waals surface area contributed by atoms with Gasteiger partial charge in [0.2, 0.25) is 0 Å². The van der Waals surface area contributed by atoms with E-state index in [0.717, 1.165) is 6.92 Å². The Morgan fingerprint density at radius 3 is 2.53 bits per heavy atom. The number of esters is 1. The molecule has 0 saturated carbocycles. The predicted octanol–water partition coefficient (Wildman–Crippen LogP) is 1.24. The summed E-state index contributed by atoms with van der Waals surface area (Å²) in [6.07, 6.45) is -4.68. The minimum Gasteiger partial charge on any atom is -0.461 e. The van der Waals surface area contributed by atoms with Gasteiger partial charge in [0.15, 0.2) is 5.69 Å². The fourth-order valence-corrected chi connectivity index (χ4v) is 0.958. The summed E-state index contributed by atoms with van der Waals surface area (Å²) < 4.78 is 40.9. The largest absolute Gasteiger partial charge is 0.506 e. The second kappa shape index (κ2) is 3.87. The van der Waals surface area contributed by atoms with E-state index in [1.54, 1.807) is 6.92 Å². The molecule has 0 spiro atoms. The van der Waals surface area contributed by atoms with Crippen LogP contribution in [-0.4, -0.2) is 27.6 Å². The normalized spacial score (nSPS) is 11.5. The number of alkyl halides is 3. The molecule has 0 fully saturated rings. The number of halogens is 3. The first-order valence-electron chi connectivity index (χ1n) is 4.04. The first kappa shape index (κ1) is 11.5. The first-order valence-corrected chi connectivity index (χ1v) is 4.04. The average molecular weight is 223 g/mol. The van der Waals surface area contributed by atoms with E-state index < -0.39 is 18.0 Å². The van der Waals surface area contributed by atoms with Crippen LogP contribution in [-0.2, 0) is 11.0 Å². The molecule has 15 heavy (non-hydrogen) atoms. The summed E-state index contributed by atoms with van der Waals surface area (Å²) in [5, 5.41) is 5.95. The van der Waals surface area contributed by atoms with E-state index in [-0.39, 0.29) is 17.0 Å². The van der Waals surface area contributed by atoms with Crippen molar-refractivity contribution in [3.8, 4) is 0 Å². The maximum Gasteiger partial charge on any atom is 0.506 e. The lowest BCUT2D eigenvalue weighted by Gasteiger charge is -2.06. The summed E-state index contributed by atoms with van der Waals surface area (Å²) in [5.41, 5.74) is -0.810. The molecule has 1 aromatic heterocycles. The highest BCUT2D eigenvalue weighted by Gasteiger charge is 2.36. The quantitative estimate of drug-likeness (QED) is 0.708. The lowest BCUT2D eigenvalue weighted by Crippen LogP contribution is -2.20. The Bertz CT molecular complexity index is 372. The number of aromatic nitrogens is 3. The van der Waals surface area contributed by atoms with Crippen molar-refractivity contribution >= 4 is 5.97 Å². The molecule has 8 heteroatoms. The van der Waals surface area contributed by atoms with Crippen molar-refractivity contribution < 1.29 is 22.7 Å². The molecule has 1 rings (SSSR count). The summed E-state index contributed by atoms with van der Waals surface area (Å²) in [6, 6.07) is 0. The number of carbonyl (C=O) groups is 1. The van der Waals surface area contributed by atoms with Crippen molar-refractivity contribution in [2.45, 2.75) is 20.1 Å². The maximum absolute atomic E-state index is 12.2. The zero-order valence-electron chi connectivity index (χ0n) is 8.00. The Kier molecular flexibility index (Phi) is 2.96. The second-order valence-corrected chi connectivity index (χ2v) is 2.62. The van der Waals surface area contributed by atoms with E-state index in [1.807, 2.05) is 0 Å². The van der Waals surface area contributed by atoms with Crippen LogP contribution in [0, 0.1) is 6.92 Å². The number of nitrogens with zero attached hydrogens (tertiary/aromatic N) is 3. The van der Waals surface area contributed by atoms with Crippen LogP contribution in [0.5, 0.6) is 0 Å². The summed E-state index contributed by atoms with van der Waals surface area (Å²) in [4.78, 5) is 11.1. The Labute approximate surface area is 82.8 Å². The van der Waals surface area contributed by atoms with Gasteiger partial charge in [-0.05, 0) is 13.8 Å². The third-order valence-corrected chi connectivity index (χ3v) is 1.60. The van der Waals surface area contributed by atoms with E-state index in [9.17, 15) is 18.0 Å². The Balaban J connectivity index is 3.04. The second-order valence-electron chi connectivity index (χ2n) is 2.62. The molecule has 0 saturated heterocycles. The molecule has 84 valence electrons. The van der Waals surface area contributed by atoms with Crippen molar-refractivity contribution in [1.82, 2.24) is 15.0 Å². The lowest BCUT2D eigenvalue weighted by atomic mass is 10.3. The van der Waals surface area contributed by atoms with Crippen LogP contribution >= 0.6 is 0 Å². The third-order valence-electron chi connectivity index (χ3n) is 1.60.